The summed E-state index contributed by atoms with van der Waals surface area (Å²) in [4.78, 5) is 0. The van der Waals surface area contributed by atoms with Crippen molar-refractivity contribution in [3.8, 4) is 5.75 Å². The Morgan fingerprint density at radius 3 is 1.97 bits per heavy atom. The number of benzene rings is 1. The van der Waals surface area contributed by atoms with E-state index in [0.717, 1.165) is 43.0 Å². The Kier molecular flexibility index (Phi) is 13.4. The van der Waals surface area contributed by atoms with Crippen LogP contribution >= 0.6 is 0 Å². The van der Waals surface area contributed by atoms with E-state index in [1.807, 2.05) is 0 Å². The third-order valence-electron chi connectivity index (χ3n) is 8.07. The Morgan fingerprint density at radius 2 is 1.29 bits per heavy atom. The molecule has 1 aliphatic heterocycles. The predicted octanol–water partition coefficient (Wildman–Crippen LogP) is 9.25. The molecule has 1 aromatic carbocycles. The van der Waals surface area contributed by atoms with Gasteiger partial charge in [-0.2, -0.15) is 0 Å². The van der Waals surface area contributed by atoms with E-state index < -0.39 is 0 Å². The van der Waals surface area contributed by atoms with Gasteiger partial charge in [0.1, 0.15) is 5.75 Å². The molecule has 1 saturated carbocycles. The summed E-state index contributed by atoms with van der Waals surface area (Å²) in [5.74, 6) is 3.41. The van der Waals surface area contributed by atoms with Gasteiger partial charge in [0.05, 0.1) is 19.8 Å². The van der Waals surface area contributed by atoms with Gasteiger partial charge in [0.2, 0.25) is 0 Å². The molecule has 0 bridgehead atoms. The number of rotatable bonds is 16. The molecule has 3 nitrogen and oxygen atoms in total. The quantitative estimate of drug-likeness (QED) is 0.224. The van der Waals surface area contributed by atoms with Crippen LogP contribution in [0.15, 0.2) is 24.3 Å². The summed E-state index contributed by atoms with van der Waals surface area (Å²) >= 11 is 0. The van der Waals surface area contributed by atoms with Gasteiger partial charge in [-0.25, -0.2) is 0 Å². The van der Waals surface area contributed by atoms with Gasteiger partial charge in [-0.15, -0.1) is 0 Å². The Hall–Kier alpha value is -1.06. The zero-order valence-corrected chi connectivity index (χ0v) is 22.3. The van der Waals surface area contributed by atoms with Gasteiger partial charge < -0.3 is 14.2 Å². The molecule has 0 radical (unpaired) electrons. The van der Waals surface area contributed by atoms with Crippen molar-refractivity contribution in [2.24, 2.45) is 17.8 Å². The zero-order chi connectivity index (χ0) is 23.8. The summed E-state index contributed by atoms with van der Waals surface area (Å²) in [6.07, 6.45) is 21.7. The first-order valence-electron chi connectivity index (χ1n) is 14.8. The lowest BCUT2D eigenvalue weighted by molar-refractivity contribution is -0.206. The van der Waals surface area contributed by atoms with Crippen LogP contribution in [0, 0.1) is 17.8 Å². The summed E-state index contributed by atoms with van der Waals surface area (Å²) in [7, 11) is 0. The fourth-order valence-corrected chi connectivity index (χ4v) is 5.90. The van der Waals surface area contributed by atoms with Crippen LogP contribution in [-0.4, -0.2) is 19.8 Å². The molecule has 0 N–H and O–H groups in total. The Balaban J connectivity index is 1.30. The molecule has 1 saturated heterocycles. The van der Waals surface area contributed by atoms with Crippen LogP contribution in [0.25, 0.3) is 0 Å². The molecular formula is C31H52O3. The minimum Gasteiger partial charge on any atom is -0.494 e. The second kappa shape index (κ2) is 16.6. The summed E-state index contributed by atoms with van der Waals surface area (Å²) in [6.45, 7) is 7.01. The molecule has 1 aromatic rings. The zero-order valence-electron chi connectivity index (χ0n) is 22.3. The van der Waals surface area contributed by atoms with E-state index in [-0.39, 0.29) is 6.29 Å². The van der Waals surface area contributed by atoms with E-state index in [9.17, 15) is 0 Å². The monoisotopic (exact) mass is 472 g/mol. The first kappa shape index (κ1) is 27.5. The highest BCUT2D eigenvalue weighted by atomic mass is 16.7. The van der Waals surface area contributed by atoms with Gasteiger partial charge in [-0.3, -0.25) is 0 Å². The Labute approximate surface area is 210 Å². The van der Waals surface area contributed by atoms with Crippen molar-refractivity contribution in [2.75, 3.05) is 19.8 Å². The summed E-state index contributed by atoms with van der Waals surface area (Å²) in [5.41, 5.74) is 1.10. The summed E-state index contributed by atoms with van der Waals surface area (Å²) in [5, 5.41) is 0. The minimum absolute atomic E-state index is 0.221. The highest BCUT2D eigenvalue weighted by molar-refractivity contribution is 5.28. The van der Waals surface area contributed by atoms with Gasteiger partial charge in [0.25, 0.3) is 0 Å². The van der Waals surface area contributed by atoms with Gasteiger partial charge in [0, 0.05) is 11.5 Å². The molecule has 2 atom stereocenters. The highest BCUT2D eigenvalue weighted by Crippen LogP contribution is 2.36. The molecule has 34 heavy (non-hydrogen) atoms. The van der Waals surface area contributed by atoms with Crippen LogP contribution in [0.3, 0.4) is 0 Å². The molecule has 194 valence electrons. The molecule has 1 heterocycles. The second-order valence-electron chi connectivity index (χ2n) is 10.9. The van der Waals surface area contributed by atoms with Crippen molar-refractivity contribution in [3.63, 3.8) is 0 Å². The van der Waals surface area contributed by atoms with Crippen molar-refractivity contribution in [2.45, 2.75) is 123 Å². The van der Waals surface area contributed by atoms with Gasteiger partial charge in [-0.1, -0.05) is 109 Å². The van der Waals surface area contributed by atoms with Crippen LogP contribution in [0.2, 0.25) is 0 Å². The van der Waals surface area contributed by atoms with Gasteiger partial charge >= 0.3 is 0 Å². The molecule has 0 spiro atoms. The van der Waals surface area contributed by atoms with E-state index in [1.165, 1.54) is 103 Å². The molecule has 3 rings (SSSR count). The first-order chi connectivity index (χ1) is 16.8. The Bertz CT molecular complexity index is 620. The summed E-state index contributed by atoms with van der Waals surface area (Å²) < 4.78 is 18.1. The molecule has 0 aromatic heterocycles. The molecular weight excluding hydrogens is 420 g/mol. The SMILES string of the molecule is CCCCCCCC1CCCCC1CCCOc1ccc(C2OCC(CCCCC)CO2)cc1. The normalized spacial score (nSPS) is 25.4. The first-order valence-corrected chi connectivity index (χ1v) is 14.8. The molecule has 0 amide bonds. The molecule has 2 fully saturated rings. The number of ether oxygens (including phenoxy) is 3. The van der Waals surface area contributed by atoms with E-state index >= 15 is 0 Å². The average molecular weight is 473 g/mol. The maximum Gasteiger partial charge on any atom is 0.183 e. The van der Waals surface area contributed by atoms with Crippen LogP contribution in [0.4, 0.5) is 0 Å². The highest BCUT2D eigenvalue weighted by Gasteiger charge is 2.25. The van der Waals surface area contributed by atoms with E-state index in [4.69, 9.17) is 14.2 Å². The van der Waals surface area contributed by atoms with E-state index in [0.29, 0.717) is 5.92 Å². The lowest BCUT2D eigenvalue weighted by Gasteiger charge is -2.32. The second-order valence-corrected chi connectivity index (χ2v) is 10.9. The topological polar surface area (TPSA) is 27.7 Å². The fraction of sp³-hybridized carbons (Fsp3) is 0.806. The van der Waals surface area contributed by atoms with Gasteiger partial charge in [0.15, 0.2) is 6.29 Å². The lowest BCUT2D eigenvalue weighted by Crippen LogP contribution is -2.27. The number of hydrogen-bond donors (Lipinski definition) is 0. The van der Waals surface area contributed by atoms with Crippen molar-refractivity contribution in [3.05, 3.63) is 29.8 Å². The Morgan fingerprint density at radius 1 is 0.706 bits per heavy atom. The molecule has 3 heteroatoms. The van der Waals surface area contributed by atoms with Crippen molar-refractivity contribution >= 4 is 0 Å². The van der Waals surface area contributed by atoms with Crippen LogP contribution in [0.5, 0.6) is 5.75 Å². The van der Waals surface area contributed by atoms with Crippen molar-refractivity contribution in [1.82, 2.24) is 0 Å². The molecule has 1 aliphatic carbocycles. The van der Waals surface area contributed by atoms with E-state index in [1.54, 1.807) is 0 Å². The number of unbranched alkanes of at least 4 members (excludes halogenated alkanes) is 6. The largest absolute Gasteiger partial charge is 0.494 e. The van der Waals surface area contributed by atoms with Crippen LogP contribution in [-0.2, 0) is 9.47 Å². The molecule has 2 aliphatic rings. The lowest BCUT2D eigenvalue weighted by atomic mass is 9.74. The summed E-state index contributed by atoms with van der Waals surface area (Å²) in [6, 6.07) is 8.37. The standard InChI is InChI=1S/C31H52O3/c1-3-5-7-8-10-15-27-16-11-12-17-28(27)18-13-23-32-30-21-19-29(20-22-30)31-33-24-26(25-34-31)14-9-6-4-2/h19-22,26-28,31H,3-18,23-25H2,1-2H3. The third-order valence-corrected chi connectivity index (χ3v) is 8.07. The number of hydrogen-bond acceptors (Lipinski definition) is 3. The fourth-order valence-electron chi connectivity index (χ4n) is 5.90. The van der Waals surface area contributed by atoms with Crippen molar-refractivity contribution in [1.29, 1.82) is 0 Å². The smallest absolute Gasteiger partial charge is 0.183 e. The van der Waals surface area contributed by atoms with E-state index in [2.05, 4.69) is 38.1 Å². The molecule has 2 unspecified atom stereocenters. The average Bonchev–Trinajstić information content (AvgIpc) is 2.88. The third kappa shape index (κ3) is 9.90. The van der Waals surface area contributed by atoms with Crippen LogP contribution in [0.1, 0.15) is 128 Å². The van der Waals surface area contributed by atoms with Gasteiger partial charge in [-0.05, 0) is 43.2 Å². The maximum atomic E-state index is 6.09. The predicted molar refractivity (Wildman–Crippen MR) is 142 cm³/mol. The van der Waals surface area contributed by atoms with Crippen LogP contribution < -0.4 is 4.74 Å². The maximum absolute atomic E-state index is 6.09. The van der Waals surface area contributed by atoms with Crippen molar-refractivity contribution < 1.29 is 14.2 Å². The minimum atomic E-state index is -0.221.